The highest BCUT2D eigenvalue weighted by Gasteiger charge is 2.24. The zero-order chi connectivity index (χ0) is 18.8. The molecule has 3 aromatic rings. The van der Waals surface area contributed by atoms with Crippen molar-refractivity contribution in [2.45, 2.75) is 6.92 Å². The van der Waals surface area contributed by atoms with E-state index >= 15 is 0 Å². The molecule has 2 heterocycles. The highest BCUT2D eigenvalue weighted by atomic mass is 79.9. The number of thiazole rings is 1. The van der Waals surface area contributed by atoms with Crippen molar-refractivity contribution in [2.75, 3.05) is 37.7 Å². The minimum atomic E-state index is 0.0749. The normalized spacial score (nSPS) is 14.6. The van der Waals surface area contributed by atoms with Crippen LogP contribution >= 0.6 is 27.3 Å². The van der Waals surface area contributed by atoms with Gasteiger partial charge in [0.05, 0.1) is 16.8 Å². The van der Waals surface area contributed by atoms with Crippen molar-refractivity contribution in [3.8, 4) is 5.75 Å². The number of hydrogen-bond donors (Lipinski definition) is 0. The Hall–Kier alpha value is -2.12. The van der Waals surface area contributed by atoms with Gasteiger partial charge in [0.15, 0.2) is 5.13 Å². The lowest BCUT2D eigenvalue weighted by Gasteiger charge is -2.34. The molecule has 1 fully saturated rings. The van der Waals surface area contributed by atoms with Crippen LogP contribution < -0.4 is 9.64 Å². The summed E-state index contributed by atoms with van der Waals surface area (Å²) in [5, 5.41) is 1.02. The highest BCUT2D eigenvalue weighted by molar-refractivity contribution is 9.10. The lowest BCUT2D eigenvalue weighted by Crippen LogP contribution is -2.48. The average Bonchev–Trinajstić information content (AvgIpc) is 3.11. The quantitative estimate of drug-likeness (QED) is 0.596. The Morgan fingerprint density at radius 1 is 1.15 bits per heavy atom. The standard InChI is InChI=1S/C20H20BrN3O2S/c1-2-26-16-6-3-14(4-7-16)19(25)23-9-11-24(12-10-23)20-22-17-8-5-15(21)13-18(17)27-20/h3-8,13H,2,9-12H2,1H3. The van der Waals surface area contributed by atoms with Crippen molar-refractivity contribution in [1.82, 2.24) is 9.88 Å². The van der Waals surface area contributed by atoms with Crippen molar-refractivity contribution in [2.24, 2.45) is 0 Å². The lowest BCUT2D eigenvalue weighted by atomic mass is 10.1. The SMILES string of the molecule is CCOc1ccc(C(=O)N2CCN(c3nc4ccc(Br)cc4s3)CC2)cc1. The molecule has 140 valence electrons. The Morgan fingerprint density at radius 3 is 2.59 bits per heavy atom. The molecule has 1 aliphatic rings. The van der Waals surface area contributed by atoms with Crippen molar-refractivity contribution in [3.63, 3.8) is 0 Å². The molecule has 1 aromatic heterocycles. The summed E-state index contributed by atoms with van der Waals surface area (Å²) in [6, 6.07) is 13.5. The Labute approximate surface area is 170 Å². The third-order valence-corrected chi connectivity index (χ3v) is 6.16. The van der Waals surface area contributed by atoms with Crippen LogP contribution in [0.1, 0.15) is 17.3 Å². The molecule has 4 rings (SSSR count). The van der Waals surface area contributed by atoms with Crippen molar-refractivity contribution in [3.05, 3.63) is 52.5 Å². The van der Waals surface area contributed by atoms with Gasteiger partial charge in [0.2, 0.25) is 0 Å². The first-order valence-corrected chi connectivity index (χ1v) is 10.6. The maximum atomic E-state index is 12.7. The number of anilines is 1. The van der Waals surface area contributed by atoms with Gasteiger partial charge in [-0.15, -0.1) is 0 Å². The number of hydrogen-bond acceptors (Lipinski definition) is 5. The third kappa shape index (κ3) is 3.94. The van der Waals surface area contributed by atoms with Gasteiger partial charge >= 0.3 is 0 Å². The van der Waals surface area contributed by atoms with Gasteiger partial charge in [0.1, 0.15) is 5.75 Å². The molecule has 1 saturated heterocycles. The Bertz CT molecular complexity index is 950. The van der Waals surface area contributed by atoms with Crippen molar-refractivity contribution >= 4 is 48.5 Å². The molecular weight excluding hydrogens is 426 g/mol. The summed E-state index contributed by atoms with van der Waals surface area (Å²) in [6.07, 6.45) is 0. The van der Waals surface area contributed by atoms with Gasteiger partial charge in [0.25, 0.3) is 5.91 Å². The number of carbonyl (C=O) groups is 1. The number of ether oxygens (including phenoxy) is 1. The monoisotopic (exact) mass is 445 g/mol. The molecule has 0 saturated carbocycles. The minimum Gasteiger partial charge on any atom is -0.494 e. The predicted molar refractivity (Wildman–Crippen MR) is 113 cm³/mol. The number of rotatable bonds is 4. The molecule has 2 aromatic carbocycles. The zero-order valence-corrected chi connectivity index (χ0v) is 17.4. The summed E-state index contributed by atoms with van der Waals surface area (Å²) < 4.78 is 7.68. The number of carbonyl (C=O) groups excluding carboxylic acids is 1. The Morgan fingerprint density at radius 2 is 1.89 bits per heavy atom. The Balaban J connectivity index is 1.41. The summed E-state index contributed by atoms with van der Waals surface area (Å²) >= 11 is 5.21. The van der Waals surface area contributed by atoms with Gasteiger partial charge in [-0.1, -0.05) is 27.3 Å². The molecule has 0 unspecified atom stereocenters. The van der Waals surface area contributed by atoms with Crippen LogP contribution in [-0.2, 0) is 0 Å². The number of amides is 1. The van der Waals surface area contributed by atoms with Crippen LogP contribution in [0.4, 0.5) is 5.13 Å². The van der Waals surface area contributed by atoms with E-state index in [2.05, 4.69) is 26.9 Å². The second-order valence-corrected chi connectivity index (χ2v) is 8.27. The molecular formula is C20H20BrN3O2S. The highest BCUT2D eigenvalue weighted by Crippen LogP contribution is 2.31. The van der Waals surface area contributed by atoms with E-state index in [1.54, 1.807) is 11.3 Å². The van der Waals surface area contributed by atoms with Crippen molar-refractivity contribution < 1.29 is 9.53 Å². The molecule has 0 N–H and O–H groups in total. The molecule has 0 bridgehead atoms. The van der Waals surface area contributed by atoms with E-state index in [1.165, 1.54) is 4.70 Å². The smallest absolute Gasteiger partial charge is 0.253 e. The van der Waals surface area contributed by atoms with Crippen LogP contribution in [0.3, 0.4) is 0 Å². The van der Waals surface area contributed by atoms with Crippen LogP contribution in [-0.4, -0.2) is 48.6 Å². The number of nitrogens with zero attached hydrogens (tertiary/aromatic N) is 3. The number of aromatic nitrogens is 1. The van der Waals surface area contributed by atoms with E-state index in [9.17, 15) is 4.79 Å². The largest absolute Gasteiger partial charge is 0.494 e. The molecule has 1 aliphatic heterocycles. The first kappa shape index (κ1) is 18.3. The summed E-state index contributed by atoms with van der Waals surface area (Å²) in [4.78, 5) is 21.7. The molecule has 0 aliphatic carbocycles. The topological polar surface area (TPSA) is 45.7 Å². The summed E-state index contributed by atoms with van der Waals surface area (Å²) in [5.41, 5.74) is 1.72. The molecule has 0 radical (unpaired) electrons. The van der Waals surface area contributed by atoms with E-state index in [-0.39, 0.29) is 5.91 Å². The number of halogens is 1. The molecule has 0 atom stereocenters. The number of benzene rings is 2. The van der Waals surface area contributed by atoms with E-state index < -0.39 is 0 Å². The van der Waals surface area contributed by atoms with E-state index in [1.807, 2.05) is 48.2 Å². The second kappa shape index (κ2) is 7.86. The second-order valence-electron chi connectivity index (χ2n) is 6.35. The minimum absolute atomic E-state index is 0.0749. The van der Waals surface area contributed by atoms with E-state index in [0.717, 1.165) is 34.0 Å². The first-order valence-electron chi connectivity index (χ1n) is 8.97. The maximum Gasteiger partial charge on any atom is 0.253 e. The van der Waals surface area contributed by atoms with Gasteiger partial charge in [-0.2, -0.15) is 0 Å². The fourth-order valence-electron chi connectivity index (χ4n) is 3.17. The predicted octanol–water partition coefficient (Wildman–Crippen LogP) is 4.42. The molecule has 5 nitrogen and oxygen atoms in total. The van der Waals surface area contributed by atoms with Crippen LogP contribution in [0.2, 0.25) is 0 Å². The van der Waals surface area contributed by atoms with Gasteiger partial charge in [-0.05, 0) is 49.4 Å². The number of fused-ring (bicyclic) bond motifs is 1. The van der Waals surface area contributed by atoms with Gasteiger partial charge in [0, 0.05) is 36.2 Å². The van der Waals surface area contributed by atoms with Crippen LogP contribution in [0.25, 0.3) is 10.2 Å². The van der Waals surface area contributed by atoms with Gasteiger partial charge in [-0.25, -0.2) is 4.98 Å². The zero-order valence-electron chi connectivity index (χ0n) is 15.0. The average molecular weight is 446 g/mol. The molecule has 7 heteroatoms. The Kier molecular flexibility index (Phi) is 5.31. The van der Waals surface area contributed by atoms with Crippen molar-refractivity contribution in [1.29, 1.82) is 0 Å². The molecule has 27 heavy (non-hydrogen) atoms. The van der Waals surface area contributed by atoms with Crippen LogP contribution in [0.5, 0.6) is 5.75 Å². The van der Waals surface area contributed by atoms with Crippen LogP contribution in [0.15, 0.2) is 46.9 Å². The van der Waals surface area contributed by atoms with Crippen LogP contribution in [0, 0.1) is 0 Å². The number of piperazine rings is 1. The van der Waals surface area contributed by atoms with E-state index in [0.29, 0.717) is 25.3 Å². The van der Waals surface area contributed by atoms with Gasteiger partial charge < -0.3 is 14.5 Å². The summed E-state index contributed by atoms with van der Waals surface area (Å²) in [5.74, 6) is 0.868. The fourth-order valence-corrected chi connectivity index (χ4v) is 4.73. The lowest BCUT2D eigenvalue weighted by molar-refractivity contribution is 0.0746. The fraction of sp³-hybridized carbons (Fsp3) is 0.300. The summed E-state index contributed by atoms with van der Waals surface area (Å²) in [6.45, 7) is 5.56. The first-order chi connectivity index (χ1) is 13.1. The summed E-state index contributed by atoms with van der Waals surface area (Å²) in [7, 11) is 0. The van der Waals surface area contributed by atoms with E-state index in [4.69, 9.17) is 9.72 Å². The van der Waals surface area contributed by atoms with Gasteiger partial charge in [-0.3, -0.25) is 4.79 Å². The molecule has 0 spiro atoms. The third-order valence-electron chi connectivity index (χ3n) is 4.59. The molecule has 1 amide bonds. The maximum absolute atomic E-state index is 12.7.